The molecular formula is C13H16FNO2. The number of carbonyl (C=O) groups excluding carboxylic acids is 1. The van der Waals surface area contributed by atoms with Gasteiger partial charge in [0.2, 0.25) is 11.9 Å². The van der Waals surface area contributed by atoms with Crippen molar-refractivity contribution >= 4 is 6.08 Å². The number of hydrogen-bond donors (Lipinski definition) is 0. The minimum Gasteiger partial charge on any atom is -0.496 e. The van der Waals surface area contributed by atoms with Crippen molar-refractivity contribution < 1.29 is 13.9 Å². The fourth-order valence-electron chi connectivity index (χ4n) is 1.70. The van der Waals surface area contributed by atoms with Crippen LogP contribution >= 0.6 is 0 Å². The average molecular weight is 237 g/mol. The number of hydrogen-bond acceptors (Lipinski definition) is 3. The highest BCUT2D eigenvalue weighted by molar-refractivity contribution is 5.44. The second-order valence-electron chi connectivity index (χ2n) is 3.94. The lowest BCUT2D eigenvalue weighted by molar-refractivity contribution is 0.198. The Balaban J connectivity index is 3.27. The number of halogens is 1. The Hall–Kier alpha value is -1.67. The van der Waals surface area contributed by atoms with Crippen molar-refractivity contribution in [3.8, 4) is 5.75 Å². The molecule has 0 saturated heterocycles. The van der Waals surface area contributed by atoms with Crippen molar-refractivity contribution in [2.75, 3.05) is 7.11 Å². The molecule has 0 spiro atoms. The van der Waals surface area contributed by atoms with Gasteiger partial charge in [0, 0.05) is 0 Å². The molecule has 0 N–H and O–H groups in total. The van der Waals surface area contributed by atoms with E-state index in [1.807, 2.05) is 13.0 Å². The van der Waals surface area contributed by atoms with Crippen molar-refractivity contribution in [3.63, 3.8) is 0 Å². The number of isocyanates is 1. The summed E-state index contributed by atoms with van der Waals surface area (Å²) >= 11 is 0. The molecule has 1 aromatic carbocycles. The zero-order valence-electron chi connectivity index (χ0n) is 10.3. The lowest BCUT2D eigenvalue weighted by Gasteiger charge is -2.18. The van der Waals surface area contributed by atoms with E-state index < -0.39 is 5.79 Å². The van der Waals surface area contributed by atoms with Gasteiger partial charge in [-0.2, -0.15) is 4.99 Å². The molecule has 4 heteroatoms. The highest BCUT2D eigenvalue weighted by Gasteiger charge is 2.29. The molecule has 0 aliphatic rings. The SMILES string of the molecule is CCCc1ccc(OC)c(C(C)(F)N=C=O)c1. The second-order valence-corrected chi connectivity index (χ2v) is 3.94. The Kier molecular flexibility index (Phi) is 4.41. The summed E-state index contributed by atoms with van der Waals surface area (Å²) in [7, 11) is 1.46. The Labute approximate surface area is 100 Å². The molecule has 1 rings (SSSR count). The van der Waals surface area contributed by atoms with Crippen LogP contribution in [0.5, 0.6) is 5.75 Å². The van der Waals surface area contributed by atoms with Gasteiger partial charge in [0.05, 0.1) is 12.7 Å². The maximum absolute atomic E-state index is 14.2. The first-order chi connectivity index (χ1) is 8.05. The molecule has 3 nitrogen and oxygen atoms in total. The molecule has 0 amide bonds. The zero-order chi connectivity index (χ0) is 12.9. The maximum Gasteiger partial charge on any atom is 0.238 e. The molecule has 1 aromatic rings. The molecule has 0 bridgehead atoms. The fraction of sp³-hybridized carbons (Fsp3) is 0.462. The number of benzene rings is 1. The van der Waals surface area contributed by atoms with Crippen LogP contribution in [-0.4, -0.2) is 13.2 Å². The molecule has 0 radical (unpaired) electrons. The summed E-state index contributed by atoms with van der Waals surface area (Å²) in [4.78, 5) is 13.4. The summed E-state index contributed by atoms with van der Waals surface area (Å²) in [6, 6.07) is 5.26. The quantitative estimate of drug-likeness (QED) is 0.448. The van der Waals surface area contributed by atoms with Crippen LogP contribution < -0.4 is 4.74 Å². The Morgan fingerprint density at radius 3 is 2.76 bits per heavy atom. The van der Waals surface area contributed by atoms with Crippen molar-refractivity contribution in [3.05, 3.63) is 29.3 Å². The van der Waals surface area contributed by atoms with Crippen LogP contribution in [0.4, 0.5) is 4.39 Å². The largest absolute Gasteiger partial charge is 0.496 e. The summed E-state index contributed by atoms with van der Waals surface area (Å²) in [6.07, 6.45) is 3.06. The van der Waals surface area contributed by atoms with Crippen molar-refractivity contribution in [2.24, 2.45) is 4.99 Å². The molecule has 0 heterocycles. The van der Waals surface area contributed by atoms with E-state index in [9.17, 15) is 9.18 Å². The van der Waals surface area contributed by atoms with Crippen molar-refractivity contribution in [1.82, 2.24) is 0 Å². The summed E-state index contributed by atoms with van der Waals surface area (Å²) in [5.41, 5.74) is 1.25. The molecule has 1 atom stereocenters. The normalized spacial score (nSPS) is 13.6. The van der Waals surface area contributed by atoms with Gasteiger partial charge < -0.3 is 4.74 Å². The van der Waals surface area contributed by atoms with E-state index in [2.05, 4.69) is 4.99 Å². The van der Waals surface area contributed by atoms with Gasteiger partial charge in [-0.15, -0.1) is 0 Å². The lowest BCUT2D eigenvalue weighted by Crippen LogP contribution is -2.13. The molecule has 0 aliphatic heterocycles. The first kappa shape index (κ1) is 13.4. The maximum atomic E-state index is 14.2. The van der Waals surface area contributed by atoms with Crippen LogP contribution in [0, 0.1) is 0 Å². The molecule has 0 fully saturated rings. The highest BCUT2D eigenvalue weighted by Crippen LogP contribution is 2.35. The minimum absolute atomic E-state index is 0.259. The second kappa shape index (κ2) is 5.60. The first-order valence-electron chi connectivity index (χ1n) is 5.50. The summed E-state index contributed by atoms with van der Waals surface area (Å²) in [5.74, 6) is -1.72. The third-order valence-corrected chi connectivity index (χ3v) is 2.55. The van der Waals surface area contributed by atoms with E-state index in [4.69, 9.17) is 4.74 Å². The number of aryl methyl sites for hydroxylation is 1. The topological polar surface area (TPSA) is 38.7 Å². The zero-order valence-corrected chi connectivity index (χ0v) is 10.3. The number of rotatable bonds is 5. The molecule has 92 valence electrons. The number of ether oxygens (including phenoxy) is 1. The Morgan fingerprint density at radius 2 is 2.24 bits per heavy atom. The van der Waals surface area contributed by atoms with E-state index in [0.29, 0.717) is 5.75 Å². The summed E-state index contributed by atoms with van der Waals surface area (Å²) in [5, 5.41) is 0. The predicted molar refractivity (Wildman–Crippen MR) is 63.6 cm³/mol. The van der Waals surface area contributed by atoms with Crippen molar-refractivity contribution in [2.45, 2.75) is 32.5 Å². The third-order valence-electron chi connectivity index (χ3n) is 2.55. The Bertz CT molecular complexity index is 437. The van der Waals surface area contributed by atoms with Gasteiger partial charge in [-0.1, -0.05) is 19.4 Å². The number of methoxy groups -OCH3 is 1. The molecule has 0 aliphatic carbocycles. The van der Waals surface area contributed by atoms with Crippen LogP contribution in [0.3, 0.4) is 0 Å². The third kappa shape index (κ3) is 3.14. The summed E-state index contributed by atoms with van der Waals surface area (Å²) in [6.45, 7) is 3.26. The van der Waals surface area contributed by atoms with Crippen molar-refractivity contribution in [1.29, 1.82) is 0 Å². The fourth-order valence-corrected chi connectivity index (χ4v) is 1.70. The minimum atomic E-state index is -2.10. The molecule has 1 unspecified atom stereocenters. The number of aliphatic imine (C=N–C) groups is 1. The van der Waals surface area contributed by atoms with E-state index in [1.165, 1.54) is 20.1 Å². The smallest absolute Gasteiger partial charge is 0.238 e. The first-order valence-corrected chi connectivity index (χ1v) is 5.50. The molecule has 17 heavy (non-hydrogen) atoms. The van der Waals surface area contributed by atoms with Gasteiger partial charge in [-0.3, -0.25) is 0 Å². The van der Waals surface area contributed by atoms with Gasteiger partial charge in [-0.25, -0.2) is 9.18 Å². The molecular weight excluding hydrogens is 221 g/mol. The van der Waals surface area contributed by atoms with Gasteiger partial charge in [0.15, 0.2) is 0 Å². The lowest BCUT2D eigenvalue weighted by atomic mass is 10.00. The van der Waals surface area contributed by atoms with Crippen LogP contribution in [0.25, 0.3) is 0 Å². The van der Waals surface area contributed by atoms with E-state index >= 15 is 0 Å². The average Bonchev–Trinajstić information content (AvgIpc) is 2.29. The predicted octanol–water partition coefficient (Wildman–Crippen LogP) is 3.13. The van der Waals surface area contributed by atoms with E-state index in [-0.39, 0.29) is 5.56 Å². The van der Waals surface area contributed by atoms with E-state index in [0.717, 1.165) is 18.4 Å². The van der Waals surface area contributed by atoms with Gasteiger partial charge in [0.1, 0.15) is 5.75 Å². The highest BCUT2D eigenvalue weighted by atomic mass is 19.1. The van der Waals surface area contributed by atoms with Crippen LogP contribution in [-0.2, 0) is 17.0 Å². The van der Waals surface area contributed by atoms with E-state index in [1.54, 1.807) is 12.1 Å². The van der Waals surface area contributed by atoms with Crippen LogP contribution in [0.2, 0.25) is 0 Å². The number of alkyl halides is 1. The van der Waals surface area contributed by atoms with Gasteiger partial charge >= 0.3 is 0 Å². The van der Waals surface area contributed by atoms with Crippen LogP contribution in [0.1, 0.15) is 31.4 Å². The van der Waals surface area contributed by atoms with Gasteiger partial charge in [0.25, 0.3) is 0 Å². The Morgan fingerprint density at radius 1 is 1.53 bits per heavy atom. The molecule has 0 aromatic heterocycles. The van der Waals surface area contributed by atoms with Crippen LogP contribution in [0.15, 0.2) is 23.2 Å². The number of nitrogens with zero attached hydrogens (tertiary/aromatic N) is 1. The summed E-state index contributed by atoms with van der Waals surface area (Å²) < 4.78 is 19.3. The standard InChI is InChI=1S/C13H16FNO2/c1-4-5-10-6-7-12(17-3)11(8-10)13(2,14)15-9-16/h6-8H,4-5H2,1-3H3. The monoisotopic (exact) mass is 237 g/mol. The molecule has 0 saturated carbocycles. The van der Waals surface area contributed by atoms with Gasteiger partial charge in [-0.05, 0) is 31.0 Å².